The van der Waals surface area contributed by atoms with Crippen LogP contribution in [-0.2, 0) is 6.42 Å². The summed E-state index contributed by atoms with van der Waals surface area (Å²) in [5.74, 6) is -0.283. The first-order chi connectivity index (χ1) is 10.6. The molecule has 1 atom stereocenters. The minimum atomic E-state index is -0.283. The number of benzene rings is 1. The van der Waals surface area contributed by atoms with Gasteiger partial charge in [0.05, 0.1) is 6.04 Å². The van der Waals surface area contributed by atoms with Crippen molar-refractivity contribution in [2.24, 2.45) is 0 Å². The molecule has 0 aliphatic carbocycles. The summed E-state index contributed by atoms with van der Waals surface area (Å²) in [5, 5.41) is 2.90. The second kappa shape index (κ2) is 7.54. The molecule has 1 heterocycles. The summed E-state index contributed by atoms with van der Waals surface area (Å²) in [7, 11) is 1.75. The molecule has 1 aromatic heterocycles. The summed E-state index contributed by atoms with van der Waals surface area (Å²) < 4.78 is 12.9. The highest BCUT2D eigenvalue weighted by molar-refractivity contribution is 5.74. The minimum Gasteiger partial charge on any atom is -0.331 e. The number of nitrogens with one attached hydrogen (secondary N) is 1. The average molecular weight is 301 g/mol. The summed E-state index contributed by atoms with van der Waals surface area (Å²) in [6, 6.07) is 11.5. The summed E-state index contributed by atoms with van der Waals surface area (Å²) in [6.07, 6.45) is 2.45. The van der Waals surface area contributed by atoms with Crippen molar-refractivity contribution < 1.29 is 9.18 Å². The van der Waals surface area contributed by atoms with Gasteiger partial charge >= 0.3 is 6.03 Å². The van der Waals surface area contributed by atoms with Gasteiger partial charge in [-0.2, -0.15) is 0 Å². The van der Waals surface area contributed by atoms with Crippen LogP contribution < -0.4 is 5.32 Å². The van der Waals surface area contributed by atoms with Crippen molar-refractivity contribution in [1.29, 1.82) is 0 Å². The van der Waals surface area contributed by atoms with E-state index < -0.39 is 0 Å². The highest BCUT2D eigenvalue weighted by Gasteiger charge is 2.13. The third kappa shape index (κ3) is 4.55. The minimum absolute atomic E-state index is 0.159. The Morgan fingerprint density at radius 1 is 1.27 bits per heavy atom. The van der Waals surface area contributed by atoms with Gasteiger partial charge in [0, 0.05) is 31.9 Å². The fraction of sp³-hybridized carbons (Fsp3) is 0.294. The normalized spacial score (nSPS) is 11.8. The van der Waals surface area contributed by atoms with Gasteiger partial charge in [0.2, 0.25) is 0 Å². The van der Waals surface area contributed by atoms with Gasteiger partial charge < -0.3 is 10.2 Å². The fourth-order valence-corrected chi connectivity index (χ4v) is 2.06. The van der Waals surface area contributed by atoms with Crippen LogP contribution in [0.4, 0.5) is 9.18 Å². The molecule has 116 valence electrons. The fourth-order valence-electron chi connectivity index (χ4n) is 2.06. The van der Waals surface area contributed by atoms with Crippen molar-refractivity contribution in [2.45, 2.75) is 19.4 Å². The third-order valence-corrected chi connectivity index (χ3v) is 3.49. The standard InChI is InChI=1S/C17H20FN3O/c1-13(14-6-8-15(18)9-7-14)20-17(22)21(2)12-10-16-5-3-4-11-19-16/h3-9,11,13H,10,12H2,1-2H3,(H,20,22). The molecule has 22 heavy (non-hydrogen) atoms. The Morgan fingerprint density at radius 3 is 2.64 bits per heavy atom. The van der Waals surface area contributed by atoms with E-state index in [1.807, 2.05) is 25.1 Å². The predicted octanol–water partition coefficient (Wildman–Crippen LogP) is 3.17. The average Bonchev–Trinajstić information content (AvgIpc) is 2.54. The van der Waals surface area contributed by atoms with Crippen LogP contribution in [0.2, 0.25) is 0 Å². The molecule has 0 aliphatic rings. The first kappa shape index (κ1) is 15.9. The van der Waals surface area contributed by atoms with Gasteiger partial charge in [-0.1, -0.05) is 18.2 Å². The molecule has 0 fully saturated rings. The molecule has 0 spiro atoms. The highest BCUT2D eigenvalue weighted by atomic mass is 19.1. The van der Waals surface area contributed by atoms with Crippen molar-refractivity contribution in [3.63, 3.8) is 0 Å². The van der Waals surface area contributed by atoms with E-state index in [0.717, 1.165) is 11.3 Å². The molecule has 1 aromatic carbocycles. The molecule has 2 amide bonds. The molecule has 4 nitrogen and oxygen atoms in total. The largest absolute Gasteiger partial charge is 0.331 e. The Labute approximate surface area is 130 Å². The number of nitrogens with zero attached hydrogens (tertiary/aromatic N) is 2. The van der Waals surface area contributed by atoms with Gasteiger partial charge in [-0.25, -0.2) is 9.18 Å². The van der Waals surface area contributed by atoms with E-state index in [-0.39, 0.29) is 17.9 Å². The number of carbonyl (C=O) groups excluding carboxylic acids is 1. The summed E-state index contributed by atoms with van der Waals surface area (Å²) in [4.78, 5) is 18.0. The van der Waals surface area contributed by atoms with E-state index in [1.54, 1.807) is 30.3 Å². The molecule has 0 aliphatic heterocycles. The molecule has 0 radical (unpaired) electrons. The number of carbonyl (C=O) groups is 1. The number of aromatic nitrogens is 1. The van der Waals surface area contributed by atoms with Crippen LogP contribution in [0, 0.1) is 5.82 Å². The van der Waals surface area contributed by atoms with Crippen LogP contribution in [0.5, 0.6) is 0 Å². The quantitative estimate of drug-likeness (QED) is 0.922. The van der Waals surface area contributed by atoms with E-state index in [9.17, 15) is 9.18 Å². The second-order valence-electron chi connectivity index (χ2n) is 5.22. The van der Waals surface area contributed by atoms with Crippen LogP contribution in [0.15, 0.2) is 48.7 Å². The van der Waals surface area contributed by atoms with E-state index in [2.05, 4.69) is 10.3 Å². The molecule has 2 aromatic rings. The maximum Gasteiger partial charge on any atom is 0.317 e. The van der Waals surface area contributed by atoms with Crippen LogP contribution in [0.1, 0.15) is 24.2 Å². The molecular formula is C17H20FN3O. The molecule has 0 saturated heterocycles. The lowest BCUT2D eigenvalue weighted by atomic mass is 10.1. The van der Waals surface area contributed by atoms with Crippen LogP contribution in [-0.4, -0.2) is 29.5 Å². The van der Waals surface area contributed by atoms with Crippen molar-refractivity contribution >= 4 is 6.03 Å². The highest BCUT2D eigenvalue weighted by Crippen LogP contribution is 2.13. The predicted molar refractivity (Wildman–Crippen MR) is 83.9 cm³/mol. The van der Waals surface area contributed by atoms with Crippen molar-refractivity contribution in [3.05, 3.63) is 65.7 Å². The number of likely N-dealkylation sites (N-methyl/N-ethyl adjacent to an activating group) is 1. The molecule has 1 N–H and O–H groups in total. The van der Waals surface area contributed by atoms with Crippen LogP contribution >= 0.6 is 0 Å². The monoisotopic (exact) mass is 301 g/mol. The Kier molecular flexibility index (Phi) is 5.47. The van der Waals surface area contributed by atoms with Gasteiger partial charge in [-0.3, -0.25) is 4.98 Å². The molecule has 0 saturated carbocycles. The number of halogens is 1. The molecule has 2 rings (SSSR count). The maximum absolute atomic E-state index is 12.9. The van der Waals surface area contributed by atoms with Crippen LogP contribution in [0.25, 0.3) is 0 Å². The van der Waals surface area contributed by atoms with Gasteiger partial charge in [-0.15, -0.1) is 0 Å². The molecule has 0 bridgehead atoms. The van der Waals surface area contributed by atoms with E-state index in [4.69, 9.17) is 0 Å². The number of rotatable bonds is 5. The van der Waals surface area contributed by atoms with Crippen molar-refractivity contribution in [3.8, 4) is 0 Å². The number of hydrogen-bond donors (Lipinski definition) is 1. The second-order valence-corrected chi connectivity index (χ2v) is 5.22. The van der Waals surface area contributed by atoms with Gasteiger partial charge in [0.1, 0.15) is 5.82 Å². The number of urea groups is 1. The van der Waals surface area contributed by atoms with Gasteiger partial charge in [0.15, 0.2) is 0 Å². The number of pyridine rings is 1. The molecule has 5 heteroatoms. The molecule has 1 unspecified atom stereocenters. The van der Waals surface area contributed by atoms with Crippen LogP contribution in [0.3, 0.4) is 0 Å². The lowest BCUT2D eigenvalue weighted by Crippen LogP contribution is -2.39. The van der Waals surface area contributed by atoms with Crippen molar-refractivity contribution in [1.82, 2.24) is 15.2 Å². The summed E-state index contributed by atoms with van der Waals surface area (Å²) >= 11 is 0. The number of hydrogen-bond acceptors (Lipinski definition) is 2. The molecular weight excluding hydrogens is 281 g/mol. The maximum atomic E-state index is 12.9. The zero-order chi connectivity index (χ0) is 15.9. The SMILES string of the molecule is CC(NC(=O)N(C)CCc1ccccn1)c1ccc(F)cc1. The third-order valence-electron chi connectivity index (χ3n) is 3.49. The zero-order valence-electron chi connectivity index (χ0n) is 12.8. The van der Waals surface area contributed by atoms with E-state index in [1.165, 1.54) is 12.1 Å². The summed E-state index contributed by atoms with van der Waals surface area (Å²) in [6.45, 7) is 2.46. The Morgan fingerprint density at radius 2 is 2.00 bits per heavy atom. The van der Waals surface area contributed by atoms with Gasteiger partial charge in [0.25, 0.3) is 0 Å². The van der Waals surface area contributed by atoms with E-state index in [0.29, 0.717) is 13.0 Å². The van der Waals surface area contributed by atoms with E-state index >= 15 is 0 Å². The summed E-state index contributed by atoms with van der Waals surface area (Å²) in [5.41, 5.74) is 1.82. The lowest BCUT2D eigenvalue weighted by molar-refractivity contribution is 0.206. The van der Waals surface area contributed by atoms with Crippen molar-refractivity contribution in [2.75, 3.05) is 13.6 Å². The Balaban J connectivity index is 1.84. The first-order valence-electron chi connectivity index (χ1n) is 7.23. The number of amides is 2. The smallest absolute Gasteiger partial charge is 0.317 e. The van der Waals surface area contributed by atoms with Gasteiger partial charge in [-0.05, 0) is 36.8 Å². The lowest BCUT2D eigenvalue weighted by Gasteiger charge is -2.21. The Hall–Kier alpha value is -2.43. The Bertz CT molecular complexity index is 601. The zero-order valence-corrected chi connectivity index (χ0v) is 12.8. The topological polar surface area (TPSA) is 45.2 Å². The first-order valence-corrected chi connectivity index (χ1v) is 7.23.